The first-order chi connectivity index (χ1) is 12.0. The third-order valence-corrected chi connectivity index (χ3v) is 4.88. The van der Waals surface area contributed by atoms with Crippen LogP contribution >= 0.6 is 0 Å². The molecule has 1 aliphatic rings. The monoisotopic (exact) mass is 342 g/mol. The van der Waals surface area contributed by atoms with Gasteiger partial charge in [-0.15, -0.1) is 0 Å². The van der Waals surface area contributed by atoms with E-state index in [2.05, 4.69) is 9.88 Å². The van der Waals surface area contributed by atoms with Crippen molar-refractivity contribution in [3.05, 3.63) is 40.4 Å². The smallest absolute Gasteiger partial charge is 0.261 e. The van der Waals surface area contributed by atoms with Gasteiger partial charge in [0, 0.05) is 19.1 Å². The van der Waals surface area contributed by atoms with Crippen molar-refractivity contribution in [1.29, 1.82) is 0 Å². The second-order valence-corrected chi connectivity index (χ2v) is 7.15. The molecule has 6 nitrogen and oxygen atoms in total. The van der Waals surface area contributed by atoms with Crippen LogP contribution < -0.4 is 5.56 Å². The first kappa shape index (κ1) is 17.6. The summed E-state index contributed by atoms with van der Waals surface area (Å²) < 4.78 is 1.44. The molecular formula is C19H26N4O2. The predicted octanol–water partition coefficient (Wildman–Crippen LogP) is 1.65. The minimum atomic E-state index is -0.150. The Bertz CT molecular complexity index is 828. The molecule has 1 fully saturated rings. The van der Waals surface area contributed by atoms with E-state index in [1.807, 2.05) is 38.1 Å². The first-order valence-electron chi connectivity index (χ1n) is 8.86. The molecule has 2 heterocycles. The van der Waals surface area contributed by atoms with Crippen molar-refractivity contribution in [1.82, 2.24) is 19.4 Å². The van der Waals surface area contributed by atoms with Gasteiger partial charge in [0.15, 0.2) is 0 Å². The number of fused-ring (bicyclic) bond motifs is 1. The van der Waals surface area contributed by atoms with Crippen molar-refractivity contribution in [2.75, 3.05) is 27.2 Å². The molecular weight excluding hydrogens is 316 g/mol. The quantitative estimate of drug-likeness (QED) is 0.848. The average Bonchev–Trinajstić information content (AvgIpc) is 2.58. The number of aryl methyl sites for hydroxylation is 1. The molecule has 1 atom stereocenters. The molecule has 1 aliphatic heterocycles. The number of carbonyl (C=O) groups is 1. The number of hydrogen-bond donors (Lipinski definition) is 0. The number of hydrogen-bond acceptors (Lipinski definition) is 4. The number of rotatable bonds is 4. The van der Waals surface area contributed by atoms with Crippen LogP contribution in [0.4, 0.5) is 0 Å². The van der Waals surface area contributed by atoms with Crippen LogP contribution in [0, 0.1) is 6.92 Å². The zero-order chi connectivity index (χ0) is 18.0. The summed E-state index contributed by atoms with van der Waals surface area (Å²) in [6.07, 6.45) is 4.70. The van der Waals surface area contributed by atoms with E-state index in [1.165, 1.54) is 10.9 Å². The van der Waals surface area contributed by atoms with E-state index in [9.17, 15) is 9.59 Å². The van der Waals surface area contributed by atoms with Gasteiger partial charge in [0.05, 0.1) is 17.2 Å². The van der Waals surface area contributed by atoms with E-state index >= 15 is 0 Å². The molecule has 6 heteroatoms. The van der Waals surface area contributed by atoms with Gasteiger partial charge in [0.2, 0.25) is 5.91 Å². The van der Waals surface area contributed by atoms with Crippen LogP contribution in [0.2, 0.25) is 0 Å². The van der Waals surface area contributed by atoms with E-state index in [0.29, 0.717) is 10.9 Å². The minimum absolute atomic E-state index is 0.00227. The molecule has 0 bridgehead atoms. The van der Waals surface area contributed by atoms with Gasteiger partial charge < -0.3 is 9.80 Å². The lowest BCUT2D eigenvalue weighted by molar-refractivity contribution is -0.135. The Morgan fingerprint density at radius 3 is 2.88 bits per heavy atom. The van der Waals surface area contributed by atoms with Crippen LogP contribution in [0.3, 0.4) is 0 Å². The standard InChI is InChI=1S/C19H26N4O2/c1-14-7-6-9-16-18(14)20-13-22(19(16)25)12-17(24)23-10-5-4-8-15(23)11-21(2)3/h6-7,9,13,15H,4-5,8,10-12H2,1-3H3. The molecule has 0 spiro atoms. The molecule has 25 heavy (non-hydrogen) atoms. The molecule has 2 aromatic rings. The highest BCUT2D eigenvalue weighted by Crippen LogP contribution is 2.18. The Morgan fingerprint density at radius 1 is 1.32 bits per heavy atom. The zero-order valence-electron chi connectivity index (χ0n) is 15.2. The van der Waals surface area contributed by atoms with E-state index in [4.69, 9.17) is 0 Å². The summed E-state index contributed by atoms with van der Waals surface area (Å²) in [7, 11) is 4.05. The maximum atomic E-state index is 12.8. The van der Waals surface area contributed by atoms with Crippen molar-refractivity contribution in [2.45, 2.75) is 38.8 Å². The number of para-hydroxylation sites is 1. The molecule has 1 unspecified atom stereocenters. The van der Waals surface area contributed by atoms with E-state index in [0.717, 1.165) is 37.9 Å². The molecule has 1 amide bonds. The number of likely N-dealkylation sites (tertiary alicyclic amines) is 1. The van der Waals surface area contributed by atoms with Gasteiger partial charge >= 0.3 is 0 Å². The Hall–Kier alpha value is -2.21. The summed E-state index contributed by atoms with van der Waals surface area (Å²) in [5.74, 6) is 0.00227. The molecule has 1 aromatic heterocycles. The zero-order valence-corrected chi connectivity index (χ0v) is 15.2. The van der Waals surface area contributed by atoms with Crippen LogP contribution in [-0.4, -0.2) is 58.5 Å². The maximum absolute atomic E-state index is 12.8. The van der Waals surface area contributed by atoms with Gasteiger partial charge in [0.25, 0.3) is 5.56 Å². The van der Waals surface area contributed by atoms with Crippen molar-refractivity contribution in [3.63, 3.8) is 0 Å². The number of piperidine rings is 1. The van der Waals surface area contributed by atoms with Crippen LogP contribution in [-0.2, 0) is 11.3 Å². The summed E-state index contributed by atoms with van der Waals surface area (Å²) >= 11 is 0. The van der Waals surface area contributed by atoms with Gasteiger partial charge in [-0.25, -0.2) is 4.98 Å². The lowest BCUT2D eigenvalue weighted by Gasteiger charge is -2.37. The van der Waals surface area contributed by atoms with Crippen molar-refractivity contribution >= 4 is 16.8 Å². The fourth-order valence-corrected chi connectivity index (χ4v) is 3.63. The summed E-state index contributed by atoms with van der Waals surface area (Å²) in [5.41, 5.74) is 1.53. The van der Waals surface area contributed by atoms with E-state index < -0.39 is 0 Å². The molecule has 0 aliphatic carbocycles. The maximum Gasteiger partial charge on any atom is 0.261 e. The largest absolute Gasteiger partial charge is 0.337 e. The molecule has 0 saturated carbocycles. The number of nitrogens with zero attached hydrogens (tertiary/aromatic N) is 4. The number of likely N-dealkylation sites (N-methyl/N-ethyl adjacent to an activating group) is 1. The topological polar surface area (TPSA) is 58.4 Å². The van der Waals surface area contributed by atoms with E-state index in [-0.39, 0.29) is 24.1 Å². The number of benzene rings is 1. The van der Waals surface area contributed by atoms with Gasteiger partial charge in [0.1, 0.15) is 6.54 Å². The van der Waals surface area contributed by atoms with Gasteiger partial charge in [-0.1, -0.05) is 12.1 Å². The minimum Gasteiger partial charge on any atom is -0.337 e. The fraction of sp³-hybridized carbons (Fsp3) is 0.526. The van der Waals surface area contributed by atoms with Gasteiger partial charge in [-0.05, 0) is 51.9 Å². The van der Waals surface area contributed by atoms with Crippen LogP contribution in [0.1, 0.15) is 24.8 Å². The Morgan fingerprint density at radius 2 is 2.12 bits per heavy atom. The van der Waals surface area contributed by atoms with Gasteiger partial charge in [-0.2, -0.15) is 0 Å². The third kappa shape index (κ3) is 3.74. The summed E-state index contributed by atoms with van der Waals surface area (Å²) in [4.78, 5) is 34.0. The predicted molar refractivity (Wildman–Crippen MR) is 98.6 cm³/mol. The van der Waals surface area contributed by atoms with Crippen LogP contribution in [0.25, 0.3) is 10.9 Å². The third-order valence-electron chi connectivity index (χ3n) is 4.88. The average molecular weight is 342 g/mol. The summed E-state index contributed by atoms with van der Waals surface area (Å²) in [6.45, 7) is 3.62. The molecule has 0 N–H and O–H groups in total. The fourth-order valence-electron chi connectivity index (χ4n) is 3.63. The first-order valence-corrected chi connectivity index (χ1v) is 8.86. The molecule has 1 saturated heterocycles. The Balaban J connectivity index is 1.84. The normalized spacial score (nSPS) is 18.1. The molecule has 134 valence electrons. The SMILES string of the molecule is Cc1cccc2c(=O)n(CC(=O)N3CCCCC3CN(C)C)cnc12. The Kier molecular flexibility index (Phi) is 5.18. The highest BCUT2D eigenvalue weighted by molar-refractivity contribution is 5.81. The second-order valence-electron chi connectivity index (χ2n) is 7.15. The van der Waals surface area contributed by atoms with Crippen LogP contribution in [0.15, 0.2) is 29.3 Å². The highest BCUT2D eigenvalue weighted by Gasteiger charge is 2.27. The van der Waals surface area contributed by atoms with Crippen molar-refractivity contribution in [2.24, 2.45) is 0 Å². The van der Waals surface area contributed by atoms with Gasteiger partial charge in [-0.3, -0.25) is 14.2 Å². The van der Waals surface area contributed by atoms with Crippen molar-refractivity contribution < 1.29 is 4.79 Å². The summed E-state index contributed by atoms with van der Waals surface area (Å²) in [6, 6.07) is 5.78. The molecule has 0 radical (unpaired) electrons. The van der Waals surface area contributed by atoms with Crippen molar-refractivity contribution in [3.8, 4) is 0 Å². The number of aromatic nitrogens is 2. The highest BCUT2D eigenvalue weighted by atomic mass is 16.2. The summed E-state index contributed by atoms with van der Waals surface area (Å²) in [5, 5.41) is 0.568. The number of carbonyl (C=O) groups excluding carboxylic acids is 1. The molecule has 3 rings (SSSR count). The Labute approximate surface area is 148 Å². The number of amides is 1. The second kappa shape index (κ2) is 7.35. The lowest BCUT2D eigenvalue weighted by atomic mass is 10.0. The molecule has 1 aromatic carbocycles. The van der Waals surface area contributed by atoms with E-state index in [1.54, 1.807) is 6.07 Å². The van der Waals surface area contributed by atoms with Crippen LogP contribution in [0.5, 0.6) is 0 Å². The lowest BCUT2D eigenvalue weighted by Crippen LogP contribution is -2.49.